The van der Waals surface area contributed by atoms with E-state index in [1.54, 1.807) is 48.5 Å². The number of nitrogens with one attached hydrogen (secondary N) is 2. The summed E-state index contributed by atoms with van der Waals surface area (Å²) < 4.78 is 7.48. The molecule has 0 bridgehead atoms. The fourth-order valence-electron chi connectivity index (χ4n) is 3.26. The molecular weight excluding hydrogens is 461 g/mol. The summed E-state index contributed by atoms with van der Waals surface area (Å²) in [6, 6.07) is 15.9. The molecule has 2 N–H and O–H groups in total. The standard InChI is InChI=1S/C24H23Cl2N5O2/c1-3-4-13-33-21-10-6-9-20(28-21)29-23(32)15-11-12-19-18(14-15)27-24(31(19)2)30-22-16(25)7-5-8-17(22)26/h5-12,14H,3-4,13H2,1-2H3,(H,27,30)(H,28,29,32). The minimum Gasteiger partial charge on any atom is -0.478 e. The molecule has 7 nitrogen and oxygen atoms in total. The number of rotatable bonds is 8. The van der Waals surface area contributed by atoms with E-state index in [0.717, 1.165) is 18.4 Å². The highest BCUT2D eigenvalue weighted by Gasteiger charge is 2.15. The number of halogens is 2. The van der Waals surface area contributed by atoms with E-state index in [4.69, 9.17) is 27.9 Å². The molecule has 4 aromatic rings. The molecule has 0 saturated carbocycles. The van der Waals surface area contributed by atoms with Gasteiger partial charge in [-0.05, 0) is 42.8 Å². The first-order valence-electron chi connectivity index (χ1n) is 10.5. The van der Waals surface area contributed by atoms with E-state index in [1.807, 2.05) is 17.7 Å². The SMILES string of the molecule is CCCCOc1cccc(NC(=O)c2ccc3c(c2)nc(Nc2c(Cl)cccc2Cl)n3C)n1. The number of nitrogens with zero attached hydrogens (tertiary/aromatic N) is 3. The number of carbonyl (C=O) groups excluding carboxylic acids is 1. The van der Waals surface area contributed by atoms with E-state index < -0.39 is 0 Å². The predicted molar refractivity (Wildman–Crippen MR) is 133 cm³/mol. The molecule has 33 heavy (non-hydrogen) atoms. The second kappa shape index (κ2) is 10.1. The Morgan fingerprint density at radius 3 is 2.58 bits per heavy atom. The number of para-hydroxylation sites is 1. The van der Waals surface area contributed by atoms with Crippen LogP contribution in [0.25, 0.3) is 11.0 Å². The van der Waals surface area contributed by atoms with Crippen LogP contribution in [0.1, 0.15) is 30.1 Å². The lowest BCUT2D eigenvalue weighted by atomic mass is 10.2. The number of unbranched alkanes of at least 4 members (excludes halogenated alkanes) is 1. The Morgan fingerprint density at radius 1 is 1.06 bits per heavy atom. The lowest BCUT2D eigenvalue weighted by Crippen LogP contribution is -2.13. The number of aryl methyl sites for hydroxylation is 1. The van der Waals surface area contributed by atoms with E-state index in [-0.39, 0.29) is 5.91 Å². The van der Waals surface area contributed by atoms with Gasteiger partial charge in [-0.1, -0.05) is 48.7 Å². The van der Waals surface area contributed by atoms with Crippen LogP contribution in [0.5, 0.6) is 5.88 Å². The van der Waals surface area contributed by atoms with Crippen LogP contribution < -0.4 is 15.4 Å². The summed E-state index contributed by atoms with van der Waals surface area (Å²) in [5.74, 6) is 1.17. The van der Waals surface area contributed by atoms with Gasteiger partial charge >= 0.3 is 0 Å². The van der Waals surface area contributed by atoms with Gasteiger partial charge in [-0.3, -0.25) is 4.79 Å². The third-order valence-corrected chi connectivity index (χ3v) is 5.69. The zero-order valence-electron chi connectivity index (χ0n) is 18.2. The van der Waals surface area contributed by atoms with E-state index in [9.17, 15) is 4.79 Å². The minimum absolute atomic E-state index is 0.288. The van der Waals surface area contributed by atoms with Crippen LogP contribution in [-0.4, -0.2) is 27.0 Å². The largest absolute Gasteiger partial charge is 0.478 e. The van der Waals surface area contributed by atoms with Crippen molar-refractivity contribution in [1.29, 1.82) is 0 Å². The van der Waals surface area contributed by atoms with E-state index in [2.05, 4.69) is 27.5 Å². The number of benzene rings is 2. The molecule has 2 aromatic heterocycles. The van der Waals surface area contributed by atoms with Gasteiger partial charge in [0.15, 0.2) is 0 Å². The van der Waals surface area contributed by atoms with Crippen molar-refractivity contribution in [2.75, 3.05) is 17.2 Å². The molecule has 0 aliphatic heterocycles. The highest BCUT2D eigenvalue weighted by molar-refractivity contribution is 6.39. The van der Waals surface area contributed by atoms with Crippen LogP contribution in [0.3, 0.4) is 0 Å². The summed E-state index contributed by atoms with van der Waals surface area (Å²) in [4.78, 5) is 21.8. The highest BCUT2D eigenvalue weighted by Crippen LogP contribution is 2.33. The highest BCUT2D eigenvalue weighted by atomic mass is 35.5. The summed E-state index contributed by atoms with van der Waals surface area (Å²) in [5, 5.41) is 6.97. The van der Waals surface area contributed by atoms with Crippen molar-refractivity contribution in [3.05, 3.63) is 70.2 Å². The number of ether oxygens (including phenoxy) is 1. The molecular formula is C24H23Cl2N5O2. The quantitative estimate of drug-likeness (QED) is 0.281. The molecule has 2 heterocycles. The summed E-state index contributed by atoms with van der Waals surface area (Å²) in [5.41, 5.74) is 2.54. The van der Waals surface area contributed by atoms with Crippen molar-refractivity contribution in [2.24, 2.45) is 7.05 Å². The number of imidazole rings is 1. The third kappa shape index (κ3) is 5.21. The normalized spacial score (nSPS) is 10.9. The van der Waals surface area contributed by atoms with Crippen LogP contribution in [0.4, 0.5) is 17.5 Å². The van der Waals surface area contributed by atoms with Crippen LogP contribution >= 0.6 is 23.2 Å². The number of amides is 1. The van der Waals surface area contributed by atoms with Crippen molar-refractivity contribution < 1.29 is 9.53 Å². The first-order valence-corrected chi connectivity index (χ1v) is 11.3. The summed E-state index contributed by atoms with van der Waals surface area (Å²) >= 11 is 12.5. The van der Waals surface area contributed by atoms with Crippen molar-refractivity contribution in [1.82, 2.24) is 14.5 Å². The number of fused-ring (bicyclic) bond motifs is 1. The van der Waals surface area contributed by atoms with Gasteiger partial charge in [0.1, 0.15) is 5.82 Å². The lowest BCUT2D eigenvalue weighted by molar-refractivity contribution is 0.102. The molecule has 0 spiro atoms. The predicted octanol–water partition coefficient (Wildman–Crippen LogP) is 6.45. The van der Waals surface area contributed by atoms with Crippen LogP contribution in [-0.2, 0) is 7.05 Å². The summed E-state index contributed by atoms with van der Waals surface area (Å²) in [6.45, 7) is 2.68. The molecule has 0 fully saturated rings. The molecule has 2 aromatic carbocycles. The third-order valence-electron chi connectivity index (χ3n) is 5.06. The fraction of sp³-hybridized carbons (Fsp3) is 0.208. The van der Waals surface area contributed by atoms with Gasteiger partial charge in [0.25, 0.3) is 5.91 Å². The molecule has 0 atom stereocenters. The topological polar surface area (TPSA) is 81.1 Å². The molecule has 0 saturated heterocycles. The molecule has 0 aliphatic rings. The Hall–Kier alpha value is -3.29. The Morgan fingerprint density at radius 2 is 1.82 bits per heavy atom. The van der Waals surface area contributed by atoms with Gasteiger partial charge < -0.3 is 19.9 Å². The van der Waals surface area contributed by atoms with Gasteiger partial charge in [-0.2, -0.15) is 4.98 Å². The Balaban J connectivity index is 1.53. The second-order valence-corrected chi connectivity index (χ2v) is 8.25. The van der Waals surface area contributed by atoms with Gasteiger partial charge in [-0.25, -0.2) is 4.98 Å². The van der Waals surface area contributed by atoms with E-state index in [1.165, 1.54) is 0 Å². The average Bonchev–Trinajstić information content (AvgIpc) is 3.11. The van der Waals surface area contributed by atoms with Gasteiger partial charge in [-0.15, -0.1) is 0 Å². The Labute approximate surface area is 201 Å². The van der Waals surface area contributed by atoms with Gasteiger partial charge in [0.2, 0.25) is 11.8 Å². The maximum Gasteiger partial charge on any atom is 0.256 e. The maximum absolute atomic E-state index is 12.8. The molecule has 9 heteroatoms. The molecule has 1 amide bonds. The summed E-state index contributed by atoms with van der Waals surface area (Å²) in [6.07, 6.45) is 1.98. The molecule has 0 unspecified atom stereocenters. The first-order chi connectivity index (χ1) is 16.0. The molecule has 0 radical (unpaired) electrons. The number of aromatic nitrogens is 3. The first kappa shape index (κ1) is 22.9. The molecule has 170 valence electrons. The van der Waals surface area contributed by atoms with Gasteiger partial charge in [0.05, 0.1) is 33.4 Å². The molecule has 0 aliphatic carbocycles. The fourth-order valence-corrected chi connectivity index (χ4v) is 3.75. The maximum atomic E-state index is 12.8. The van der Waals surface area contributed by atoms with Crippen molar-refractivity contribution in [3.8, 4) is 5.88 Å². The Bertz CT molecular complexity index is 1290. The zero-order valence-corrected chi connectivity index (χ0v) is 19.7. The van der Waals surface area contributed by atoms with Crippen LogP contribution in [0, 0.1) is 0 Å². The number of anilines is 3. The number of hydrogen-bond donors (Lipinski definition) is 2. The van der Waals surface area contributed by atoms with Crippen LogP contribution in [0.2, 0.25) is 10.0 Å². The number of pyridine rings is 1. The van der Waals surface area contributed by atoms with E-state index in [0.29, 0.717) is 51.1 Å². The minimum atomic E-state index is -0.288. The summed E-state index contributed by atoms with van der Waals surface area (Å²) in [7, 11) is 1.87. The van der Waals surface area contributed by atoms with Crippen molar-refractivity contribution in [3.63, 3.8) is 0 Å². The lowest BCUT2D eigenvalue weighted by Gasteiger charge is -2.09. The van der Waals surface area contributed by atoms with Crippen molar-refractivity contribution in [2.45, 2.75) is 19.8 Å². The van der Waals surface area contributed by atoms with E-state index >= 15 is 0 Å². The van der Waals surface area contributed by atoms with Crippen LogP contribution in [0.15, 0.2) is 54.6 Å². The van der Waals surface area contributed by atoms with Crippen molar-refractivity contribution >= 4 is 57.6 Å². The second-order valence-electron chi connectivity index (χ2n) is 7.44. The number of hydrogen-bond acceptors (Lipinski definition) is 5. The zero-order chi connectivity index (χ0) is 23.4. The smallest absolute Gasteiger partial charge is 0.256 e. The molecule has 4 rings (SSSR count). The Kier molecular flexibility index (Phi) is 7.01. The average molecular weight is 484 g/mol. The van der Waals surface area contributed by atoms with Gasteiger partial charge in [0, 0.05) is 18.7 Å². The monoisotopic (exact) mass is 483 g/mol. The number of carbonyl (C=O) groups is 1.